The molecule has 0 bridgehead atoms. The number of benzene rings is 6. The predicted octanol–water partition coefficient (Wildman–Crippen LogP) is 15.2. The van der Waals surface area contributed by atoms with Crippen molar-refractivity contribution >= 4 is 0 Å². The van der Waals surface area contributed by atoms with Gasteiger partial charge in [0.05, 0.1) is 5.41 Å². The fraction of sp³-hybridized carbons (Fsp3) is 0.310. The van der Waals surface area contributed by atoms with Gasteiger partial charge in [-0.2, -0.15) is 0 Å². The lowest BCUT2D eigenvalue weighted by atomic mass is 9.56. The Kier molecular flexibility index (Phi) is 8.09. The molecule has 0 saturated heterocycles. The van der Waals surface area contributed by atoms with Crippen LogP contribution < -0.4 is 0 Å². The minimum atomic E-state index is -0.560. The van der Waals surface area contributed by atoms with Crippen LogP contribution in [0.15, 0.2) is 144 Å². The van der Waals surface area contributed by atoms with Gasteiger partial charge in [0.1, 0.15) is 0 Å². The highest BCUT2D eigenvalue weighted by atomic mass is 14.6. The Bertz CT molecular complexity index is 2590. The first-order valence-electron chi connectivity index (χ1n) is 21.7. The van der Waals surface area contributed by atoms with E-state index in [9.17, 15) is 0 Å². The van der Waals surface area contributed by atoms with Gasteiger partial charge in [0.2, 0.25) is 0 Å². The van der Waals surface area contributed by atoms with Crippen LogP contribution in [0, 0.1) is 5.41 Å². The maximum absolute atomic E-state index is 2.68. The van der Waals surface area contributed by atoms with Gasteiger partial charge in [-0.3, -0.25) is 0 Å². The molecule has 0 spiro atoms. The van der Waals surface area contributed by atoms with Crippen molar-refractivity contribution < 1.29 is 0 Å². The van der Waals surface area contributed by atoms with Crippen molar-refractivity contribution in [3.8, 4) is 33.4 Å². The Hall–Kier alpha value is -5.20. The molecule has 4 aliphatic carbocycles. The molecule has 6 aromatic rings. The Morgan fingerprint density at radius 2 is 0.879 bits per heavy atom. The molecule has 0 heteroatoms. The maximum atomic E-state index is 2.68. The molecule has 6 aromatic carbocycles. The van der Waals surface area contributed by atoms with Gasteiger partial charge in [0.25, 0.3) is 0 Å². The van der Waals surface area contributed by atoms with Crippen molar-refractivity contribution in [1.29, 1.82) is 0 Å². The van der Waals surface area contributed by atoms with Gasteiger partial charge in [0, 0.05) is 5.92 Å². The second kappa shape index (κ2) is 12.6. The van der Waals surface area contributed by atoms with E-state index in [1.807, 2.05) is 0 Å². The zero-order valence-corrected chi connectivity index (χ0v) is 36.3. The monoisotopic (exact) mass is 754 g/mol. The summed E-state index contributed by atoms with van der Waals surface area (Å²) in [5.41, 5.74) is 26.8. The van der Waals surface area contributed by atoms with Gasteiger partial charge in [-0.25, -0.2) is 0 Å². The third-order valence-electron chi connectivity index (χ3n) is 14.3. The first-order chi connectivity index (χ1) is 27.6. The van der Waals surface area contributed by atoms with E-state index in [1.165, 1.54) is 106 Å². The summed E-state index contributed by atoms with van der Waals surface area (Å²) in [6.45, 7) is 23.8. The van der Waals surface area contributed by atoms with E-state index in [2.05, 4.69) is 197 Å². The third-order valence-corrected chi connectivity index (χ3v) is 14.3. The second-order valence-corrected chi connectivity index (χ2v) is 21.0. The summed E-state index contributed by atoms with van der Waals surface area (Å²) in [5.74, 6) is 0.0274. The summed E-state index contributed by atoms with van der Waals surface area (Å²) in [7, 11) is 0. The van der Waals surface area contributed by atoms with Crippen LogP contribution in [0.2, 0.25) is 0 Å². The molecule has 290 valence electrons. The van der Waals surface area contributed by atoms with Gasteiger partial charge in [-0.1, -0.05) is 201 Å². The van der Waals surface area contributed by atoms with E-state index in [-0.39, 0.29) is 22.2 Å². The zero-order chi connectivity index (χ0) is 40.5. The normalized spacial score (nSPS) is 15.9. The molecule has 0 fully saturated rings. The van der Waals surface area contributed by atoms with Crippen LogP contribution in [0.1, 0.15) is 137 Å². The average Bonchev–Trinajstić information content (AvgIpc) is 3.95. The Balaban J connectivity index is 1.43. The van der Waals surface area contributed by atoms with E-state index >= 15 is 0 Å². The number of hydrogen-bond acceptors (Lipinski definition) is 0. The Labute approximate surface area is 347 Å². The average molecular weight is 755 g/mol. The SMILES string of the molecule is CC1=C(C(c2cccc3c2-c2ccccc2C3)(c2cccc3c2-c2ccccc2C3)C2c3ccc(C(C)(C)C)cc3-c3cc(C(C)(C)C)ccc32)C=C(C(C)(C)C)C1. The molecule has 0 nitrogen and oxygen atoms in total. The van der Waals surface area contributed by atoms with E-state index in [0.29, 0.717) is 0 Å². The lowest BCUT2D eigenvalue weighted by molar-refractivity contribution is 0.494. The van der Waals surface area contributed by atoms with Gasteiger partial charge in [0.15, 0.2) is 0 Å². The molecule has 0 unspecified atom stereocenters. The minimum absolute atomic E-state index is 0.0227. The van der Waals surface area contributed by atoms with Gasteiger partial charge < -0.3 is 0 Å². The fourth-order valence-electron chi connectivity index (χ4n) is 11.2. The largest absolute Gasteiger partial charge is 0.0648 e. The predicted molar refractivity (Wildman–Crippen MR) is 246 cm³/mol. The summed E-state index contributed by atoms with van der Waals surface area (Å²) in [6, 6.07) is 48.2. The maximum Gasteiger partial charge on any atom is 0.0572 e. The number of fused-ring (bicyclic) bond motifs is 9. The molecule has 0 amide bonds. The van der Waals surface area contributed by atoms with E-state index < -0.39 is 5.41 Å². The molecule has 0 heterocycles. The molecule has 0 aliphatic heterocycles. The number of allylic oxidation sites excluding steroid dienone is 4. The molecule has 58 heavy (non-hydrogen) atoms. The molecule has 0 aromatic heterocycles. The van der Waals surface area contributed by atoms with Crippen LogP contribution in [0.4, 0.5) is 0 Å². The van der Waals surface area contributed by atoms with Gasteiger partial charge >= 0.3 is 0 Å². The van der Waals surface area contributed by atoms with E-state index in [4.69, 9.17) is 0 Å². The zero-order valence-electron chi connectivity index (χ0n) is 36.3. The van der Waals surface area contributed by atoms with Crippen LogP contribution in [-0.4, -0.2) is 0 Å². The van der Waals surface area contributed by atoms with Gasteiger partial charge in [-0.15, -0.1) is 0 Å². The van der Waals surface area contributed by atoms with Crippen LogP contribution >= 0.6 is 0 Å². The van der Waals surface area contributed by atoms with Crippen molar-refractivity contribution in [1.82, 2.24) is 0 Å². The Morgan fingerprint density at radius 3 is 1.31 bits per heavy atom. The van der Waals surface area contributed by atoms with Crippen molar-refractivity contribution in [3.63, 3.8) is 0 Å². The van der Waals surface area contributed by atoms with Crippen LogP contribution in [0.5, 0.6) is 0 Å². The van der Waals surface area contributed by atoms with Crippen LogP contribution in [-0.2, 0) is 29.1 Å². The van der Waals surface area contributed by atoms with Crippen molar-refractivity contribution in [3.05, 3.63) is 200 Å². The van der Waals surface area contributed by atoms with Crippen molar-refractivity contribution in [2.75, 3.05) is 0 Å². The summed E-state index contributed by atoms with van der Waals surface area (Å²) in [5, 5.41) is 0. The van der Waals surface area contributed by atoms with E-state index in [1.54, 1.807) is 0 Å². The number of hydrogen-bond donors (Lipinski definition) is 0. The van der Waals surface area contributed by atoms with Crippen molar-refractivity contribution in [2.45, 2.75) is 111 Å². The minimum Gasteiger partial charge on any atom is -0.0648 e. The highest BCUT2D eigenvalue weighted by molar-refractivity contribution is 5.91. The molecular formula is C58H58. The first-order valence-corrected chi connectivity index (χ1v) is 21.7. The molecule has 0 N–H and O–H groups in total. The summed E-state index contributed by atoms with van der Waals surface area (Å²) >= 11 is 0. The molecule has 0 saturated carbocycles. The van der Waals surface area contributed by atoms with Crippen LogP contribution in [0.3, 0.4) is 0 Å². The quantitative estimate of drug-likeness (QED) is 0.168. The molecule has 0 atom stereocenters. The lowest BCUT2D eigenvalue weighted by Gasteiger charge is -2.45. The fourth-order valence-corrected chi connectivity index (χ4v) is 11.2. The molecule has 0 radical (unpaired) electrons. The molecule has 10 rings (SSSR count). The first kappa shape index (κ1) is 37.1. The summed E-state index contributed by atoms with van der Waals surface area (Å²) in [4.78, 5) is 0. The third kappa shape index (κ3) is 5.40. The smallest absolute Gasteiger partial charge is 0.0572 e. The highest BCUT2D eigenvalue weighted by Gasteiger charge is 2.54. The standard InChI is InChI=1S/C58H58/c1-35-29-42(57(8,9)10)34-51(35)58(49-23-15-19-38-30-36-17-11-13-21-43(36)52(38)49,50-24-16-20-39-31-37-18-12-14-22-44(37)53(39)50)54-45-27-25-40(55(2,3)4)32-47(45)48-33-41(56(5,6)7)26-28-46(48)54/h11-28,32-34,54H,29-31H2,1-10H3. The molecular weight excluding hydrogens is 697 g/mol. The summed E-state index contributed by atoms with van der Waals surface area (Å²) < 4.78 is 0. The van der Waals surface area contributed by atoms with E-state index in [0.717, 1.165) is 19.3 Å². The van der Waals surface area contributed by atoms with Crippen LogP contribution in [0.25, 0.3) is 33.4 Å². The Morgan fingerprint density at radius 1 is 0.431 bits per heavy atom. The van der Waals surface area contributed by atoms with Crippen molar-refractivity contribution in [2.24, 2.45) is 5.41 Å². The number of rotatable bonds is 4. The second-order valence-electron chi connectivity index (χ2n) is 21.0. The molecule has 4 aliphatic rings. The topological polar surface area (TPSA) is 0 Å². The lowest BCUT2D eigenvalue weighted by Crippen LogP contribution is -2.38. The summed E-state index contributed by atoms with van der Waals surface area (Å²) in [6.07, 6.45) is 5.61. The highest BCUT2D eigenvalue weighted by Crippen LogP contribution is 2.66. The van der Waals surface area contributed by atoms with Gasteiger partial charge in [-0.05, 0) is 137 Å².